The lowest BCUT2D eigenvalue weighted by atomic mass is 9.45. The summed E-state index contributed by atoms with van der Waals surface area (Å²) >= 11 is 0. The number of furan rings is 1. The highest BCUT2D eigenvalue weighted by Crippen LogP contribution is 2.48. The Bertz CT molecular complexity index is 3660. The quantitative estimate of drug-likeness (QED) is 0.162. The smallest absolute Gasteiger partial charge is 0.333 e. The molecule has 11 aromatic rings. The van der Waals surface area contributed by atoms with E-state index in [1.54, 1.807) is 0 Å². The van der Waals surface area contributed by atoms with E-state index >= 15 is 0 Å². The highest BCUT2D eigenvalue weighted by Gasteiger charge is 2.43. The van der Waals surface area contributed by atoms with E-state index in [1.165, 1.54) is 132 Å². The zero-order valence-corrected chi connectivity index (χ0v) is 33.5. The summed E-state index contributed by atoms with van der Waals surface area (Å²) in [5, 5.41) is 7.48. The standard InChI is InChI=1S/C54H39BN2O/c1-28-20-30(3)48(31(4)21-28)34-18-19-44-40(24-34)42-25-35(49-32(5)22-29(2)23-33(49)6)26-43-53(42)56(44)54-50-39-13-8-10-17-46(39)58-47(50)27-41-38-15-11-14-37-36-12-7-9-16-45(36)57(52(37)38)55(43)51(41)54/h7-27H,1-6H3. The second-order valence-corrected chi connectivity index (χ2v) is 17.2. The van der Waals surface area contributed by atoms with Crippen molar-refractivity contribution in [3.05, 3.63) is 161 Å². The van der Waals surface area contributed by atoms with Gasteiger partial charge < -0.3 is 13.5 Å². The van der Waals surface area contributed by atoms with Gasteiger partial charge in [-0.3, -0.25) is 0 Å². The number of hydrogen-bond donors (Lipinski definition) is 0. The molecule has 2 aliphatic heterocycles. The summed E-state index contributed by atoms with van der Waals surface area (Å²) in [5.74, 6) is 0. The maximum Gasteiger partial charge on any atom is 0.333 e. The SMILES string of the molecule is Cc1cc(C)c(-c2ccc3c(c2)c2cc(-c4c(C)cc(C)cc4C)cc4c2n3-c2c3c(cc5oc6ccccc6c25)-c2cccc5c6ccccc6n(c25)B34)c(C)c1. The third-order valence-corrected chi connectivity index (χ3v) is 13.6. The van der Waals surface area contributed by atoms with Crippen molar-refractivity contribution in [2.24, 2.45) is 0 Å². The van der Waals surface area contributed by atoms with Crippen molar-refractivity contribution < 1.29 is 4.42 Å². The molecule has 0 fully saturated rings. The van der Waals surface area contributed by atoms with Crippen LogP contribution >= 0.6 is 0 Å². The average molecular weight is 743 g/mol. The largest absolute Gasteiger partial charge is 0.456 e. The van der Waals surface area contributed by atoms with Crippen molar-refractivity contribution in [1.29, 1.82) is 0 Å². The maximum absolute atomic E-state index is 6.84. The van der Waals surface area contributed by atoms with Crippen LogP contribution in [0.1, 0.15) is 33.4 Å². The summed E-state index contributed by atoms with van der Waals surface area (Å²) in [6.07, 6.45) is 0. The molecule has 0 aliphatic carbocycles. The summed E-state index contributed by atoms with van der Waals surface area (Å²) in [6, 6.07) is 48.4. The first-order valence-corrected chi connectivity index (χ1v) is 20.5. The van der Waals surface area contributed by atoms with E-state index in [9.17, 15) is 0 Å². The molecule has 0 amide bonds. The van der Waals surface area contributed by atoms with E-state index in [1.807, 2.05) is 0 Å². The second-order valence-electron chi connectivity index (χ2n) is 17.2. The van der Waals surface area contributed by atoms with Gasteiger partial charge in [0, 0.05) is 43.5 Å². The van der Waals surface area contributed by atoms with Gasteiger partial charge in [-0.05, 0) is 139 Å². The summed E-state index contributed by atoms with van der Waals surface area (Å²) in [5.41, 5.74) is 26.4. The Kier molecular flexibility index (Phi) is 6.13. The fourth-order valence-electron chi connectivity index (χ4n) is 11.8. The van der Waals surface area contributed by atoms with Crippen LogP contribution in [0.25, 0.3) is 105 Å². The summed E-state index contributed by atoms with van der Waals surface area (Å²) < 4.78 is 12.1. The molecule has 0 atom stereocenters. The number of aryl methyl sites for hydroxylation is 6. The minimum Gasteiger partial charge on any atom is -0.456 e. The van der Waals surface area contributed by atoms with E-state index < -0.39 is 0 Å². The molecule has 3 aromatic heterocycles. The summed E-state index contributed by atoms with van der Waals surface area (Å²) in [4.78, 5) is 0. The van der Waals surface area contributed by atoms with Crippen molar-refractivity contribution >= 4 is 83.3 Å². The number of nitrogens with zero attached hydrogens (tertiary/aromatic N) is 2. The van der Waals surface area contributed by atoms with E-state index in [2.05, 4.69) is 178 Å². The Balaban J connectivity index is 1.28. The number of fused-ring (bicyclic) bond motifs is 14. The summed E-state index contributed by atoms with van der Waals surface area (Å²) in [6.45, 7) is 13.4. The molecule has 0 unspecified atom stereocenters. The molecule has 58 heavy (non-hydrogen) atoms. The fraction of sp³-hybridized carbons (Fsp3) is 0.111. The number of benzene rings is 8. The Labute approximate surface area is 336 Å². The lowest BCUT2D eigenvalue weighted by Gasteiger charge is -2.34. The van der Waals surface area contributed by atoms with Crippen LogP contribution in [0.2, 0.25) is 0 Å². The number of hydrogen-bond acceptors (Lipinski definition) is 1. The van der Waals surface area contributed by atoms with Crippen LogP contribution in [0.15, 0.2) is 132 Å². The van der Waals surface area contributed by atoms with Gasteiger partial charge in [0.1, 0.15) is 11.2 Å². The molecule has 0 bridgehead atoms. The van der Waals surface area contributed by atoms with Crippen LogP contribution in [-0.2, 0) is 0 Å². The lowest BCUT2D eigenvalue weighted by Crippen LogP contribution is -2.55. The Morgan fingerprint density at radius 3 is 1.88 bits per heavy atom. The van der Waals surface area contributed by atoms with Crippen LogP contribution in [0.3, 0.4) is 0 Å². The second kappa shape index (κ2) is 11.0. The minimum absolute atomic E-state index is 0.0632. The maximum atomic E-state index is 6.84. The van der Waals surface area contributed by atoms with E-state index in [-0.39, 0.29) is 6.85 Å². The molecule has 0 spiro atoms. The monoisotopic (exact) mass is 742 g/mol. The molecule has 0 saturated carbocycles. The van der Waals surface area contributed by atoms with Crippen molar-refractivity contribution in [3.8, 4) is 39.1 Å². The zero-order valence-electron chi connectivity index (χ0n) is 33.5. The van der Waals surface area contributed by atoms with Gasteiger partial charge in [0.05, 0.1) is 22.1 Å². The van der Waals surface area contributed by atoms with E-state index in [0.29, 0.717) is 0 Å². The molecule has 4 heteroatoms. The minimum atomic E-state index is -0.0632. The molecule has 0 radical (unpaired) electrons. The van der Waals surface area contributed by atoms with Gasteiger partial charge in [-0.15, -0.1) is 0 Å². The van der Waals surface area contributed by atoms with Crippen molar-refractivity contribution in [3.63, 3.8) is 0 Å². The molecular weight excluding hydrogens is 703 g/mol. The van der Waals surface area contributed by atoms with Gasteiger partial charge >= 0.3 is 6.85 Å². The first-order chi connectivity index (χ1) is 28.2. The first kappa shape index (κ1) is 32.3. The topological polar surface area (TPSA) is 23.0 Å². The Hall–Kier alpha value is -6.78. The van der Waals surface area contributed by atoms with Crippen LogP contribution < -0.4 is 10.9 Å². The predicted molar refractivity (Wildman–Crippen MR) is 246 cm³/mol. The van der Waals surface area contributed by atoms with Crippen LogP contribution in [0.4, 0.5) is 0 Å². The molecule has 274 valence electrons. The third kappa shape index (κ3) is 3.95. The van der Waals surface area contributed by atoms with Crippen LogP contribution in [0, 0.1) is 41.5 Å². The highest BCUT2D eigenvalue weighted by molar-refractivity contribution is 6.90. The Morgan fingerprint density at radius 2 is 1.12 bits per heavy atom. The molecule has 13 rings (SSSR count). The number of rotatable bonds is 2. The number of para-hydroxylation sites is 3. The zero-order chi connectivity index (χ0) is 38.9. The first-order valence-electron chi connectivity index (χ1n) is 20.5. The van der Waals surface area contributed by atoms with Crippen molar-refractivity contribution in [1.82, 2.24) is 9.05 Å². The van der Waals surface area contributed by atoms with Gasteiger partial charge in [-0.1, -0.05) is 102 Å². The number of aromatic nitrogens is 2. The molecule has 5 heterocycles. The van der Waals surface area contributed by atoms with Gasteiger partial charge in [0.15, 0.2) is 0 Å². The van der Waals surface area contributed by atoms with E-state index in [0.717, 1.165) is 16.6 Å². The van der Waals surface area contributed by atoms with Gasteiger partial charge in [0.2, 0.25) is 0 Å². The van der Waals surface area contributed by atoms with E-state index in [4.69, 9.17) is 4.42 Å². The molecule has 3 nitrogen and oxygen atoms in total. The lowest BCUT2D eigenvalue weighted by molar-refractivity contribution is 0.669. The van der Waals surface area contributed by atoms with Crippen LogP contribution in [-0.4, -0.2) is 15.9 Å². The third-order valence-electron chi connectivity index (χ3n) is 13.6. The van der Waals surface area contributed by atoms with Crippen molar-refractivity contribution in [2.75, 3.05) is 0 Å². The van der Waals surface area contributed by atoms with Gasteiger partial charge in [-0.25, -0.2) is 0 Å². The van der Waals surface area contributed by atoms with Crippen molar-refractivity contribution in [2.45, 2.75) is 41.5 Å². The fourth-order valence-corrected chi connectivity index (χ4v) is 11.8. The normalized spacial score (nSPS) is 13.0. The summed E-state index contributed by atoms with van der Waals surface area (Å²) in [7, 11) is 0. The highest BCUT2D eigenvalue weighted by atomic mass is 16.3. The Morgan fingerprint density at radius 1 is 0.466 bits per heavy atom. The molecule has 2 aliphatic rings. The van der Waals surface area contributed by atoms with Crippen LogP contribution in [0.5, 0.6) is 0 Å². The van der Waals surface area contributed by atoms with Gasteiger partial charge in [0.25, 0.3) is 0 Å². The molecule has 0 N–H and O–H groups in total. The average Bonchev–Trinajstić information content (AvgIpc) is 3.85. The predicted octanol–water partition coefficient (Wildman–Crippen LogP) is 12.9. The molecular formula is C54H39BN2O. The molecule has 0 saturated heterocycles. The van der Waals surface area contributed by atoms with Gasteiger partial charge in [-0.2, -0.15) is 0 Å². The molecule has 8 aromatic carbocycles.